The Morgan fingerprint density at radius 3 is 1.94 bits per heavy atom. The van der Waals surface area contributed by atoms with Crippen molar-refractivity contribution in [2.75, 3.05) is 0 Å². The molecule has 0 fully saturated rings. The van der Waals surface area contributed by atoms with Gasteiger partial charge in [0, 0.05) is 27.6 Å². The quantitative estimate of drug-likeness (QED) is 0.196. The van der Waals surface area contributed by atoms with Gasteiger partial charge < -0.3 is 4.40 Å². The number of allylic oxidation sites excluding steroid dienone is 1. The highest BCUT2D eigenvalue weighted by Crippen LogP contribution is 2.44. The number of thiazole rings is 1. The fourth-order valence-corrected chi connectivity index (χ4v) is 8.34. The van der Waals surface area contributed by atoms with Crippen molar-refractivity contribution in [2.24, 2.45) is 0 Å². The summed E-state index contributed by atoms with van der Waals surface area (Å²) in [4.78, 5) is 11.8. The maximum absolute atomic E-state index is 5.55. The predicted octanol–water partition coefficient (Wildman–Crippen LogP) is 11.0. The Bertz CT molecular complexity index is 2660. The Balaban J connectivity index is 1.32. The van der Waals surface area contributed by atoms with Crippen LogP contribution < -0.4 is 0 Å². The number of aromatic nitrogens is 4. The van der Waals surface area contributed by atoms with E-state index in [1.165, 1.54) is 27.0 Å². The summed E-state index contributed by atoms with van der Waals surface area (Å²) in [5.41, 5.74) is 14.5. The molecule has 10 rings (SSSR count). The average molecular weight is 621 g/mol. The SMILES string of the molecule is C1=Cc2sc(-c3ccc(-c4c5ccccc5n5c6ccccc6n6c(-c7ccccc7)c(-c7ccccc7)nc6c45)cc3)nc2CC1. The number of nitrogens with zero attached hydrogens (tertiary/aromatic N) is 4. The van der Waals surface area contributed by atoms with E-state index in [4.69, 9.17) is 9.97 Å². The zero-order valence-corrected chi connectivity index (χ0v) is 26.3. The van der Waals surface area contributed by atoms with Crippen LogP contribution in [0.5, 0.6) is 0 Å². The van der Waals surface area contributed by atoms with E-state index in [2.05, 4.69) is 154 Å². The number of rotatable bonds is 4. The number of aryl methyl sites for hydroxylation is 1. The van der Waals surface area contributed by atoms with Gasteiger partial charge >= 0.3 is 0 Å². The molecule has 9 aromatic rings. The first-order valence-electron chi connectivity index (χ1n) is 16.1. The number of fused-ring (bicyclic) bond motifs is 9. The van der Waals surface area contributed by atoms with Crippen LogP contribution in [0.4, 0.5) is 0 Å². The molecular formula is C42H28N4S. The normalized spacial score (nSPS) is 12.9. The molecule has 5 heteroatoms. The van der Waals surface area contributed by atoms with E-state index < -0.39 is 0 Å². The van der Waals surface area contributed by atoms with Crippen LogP contribution in [0.1, 0.15) is 17.0 Å². The van der Waals surface area contributed by atoms with Crippen LogP contribution in [-0.4, -0.2) is 18.8 Å². The van der Waals surface area contributed by atoms with Crippen molar-refractivity contribution in [3.63, 3.8) is 0 Å². The van der Waals surface area contributed by atoms with E-state index in [0.29, 0.717) is 0 Å². The number of imidazole rings is 1. The molecule has 0 unspecified atom stereocenters. The lowest BCUT2D eigenvalue weighted by atomic mass is 10.0. The van der Waals surface area contributed by atoms with Crippen molar-refractivity contribution >= 4 is 50.5 Å². The summed E-state index contributed by atoms with van der Waals surface area (Å²) < 4.78 is 4.80. The summed E-state index contributed by atoms with van der Waals surface area (Å²) in [6.07, 6.45) is 6.57. The molecule has 0 aliphatic heterocycles. The molecule has 0 bridgehead atoms. The van der Waals surface area contributed by atoms with E-state index in [9.17, 15) is 0 Å². The second kappa shape index (κ2) is 10.4. The van der Waals surface area contributed by atoms with Gasteiger partial charge in [-0.1, -0.05) is 121 Å². The highest BCUT2D eigenvalue weighted by atomic mass is 32.1. The standard InChI is InChI=1S/C42H28N4S/c1-3-13-28(14-4-1)38-39(29-15-5-2-6-16-29)46-35-21-11-10-20-34(35)45-33-19-9-7-17-31(33)37(40(45)41(46)44-38)27-23-25-30(26-24-27)42-43-32-18-8-12-22-36(32)47-42/h1-7,9-17,19-26H,8,18H2. The summed E-state index contributed by atoms with van der Waals surface area (Å²) in [5, 5.41) is 2.29. The minimum atomic E-state index is 0.941. The zero-order chi connectivity index (χ0) is 30.9. The van der Waals surface area contributed by atoms with Gasteiger partial charge in [0.1, 0.15) is 5.01 Å². The molecular weight excluding hydrogens is 593 g/mol. The molecule has 0 amide bonds. The highest BCUT2D eigenvalue weighted by Gasteiger charge is 2.25. The largest absolute Gasteiger partial charge is 0.304 e. The molecule has 0 atom stereocenters. The monoisotopic (exact) mass is 620 g/mol. The first-order valence-corrected chi connectivity index (χ1v) is 16.9. The van der Waals surface area contributed by atoms with Crippen LogP contribution in [0.25, 0.3) is 83.4 Å². The third-order valence-electron chi connectivity index (χ3n) is 9.39. The maximum Gasteiger partial charge on any atom is 0.163 e. The van der Waals surface area contributed by atoms with E-state index >= 15 is 0 Å². The van der Waals surface area contributed by atoms with E-state index in [-0.39, 0.29) is 0 Å². The number of hydrogen-bond donors (Lipinski definition) is 0. The molecule has 1 aliphatic carbocycles. The molecule has 0 N–H and O–H groups in total. The van der Waals surface area contributed by atoms with Gasteiger partial charge in [0.2, 0.25) is 0 Å². The minimum Gasteiger partial charge on any atom is -0.304 e. The summed E-state index contributed by atoms with van der Waals surface area (Å²) in [7, 11) is 0. The van der Waals surface area contributed by atoms with Crippen LogP contribution in [0.15, 0.2) is 140 Å². The summed E-state index contributed by atoms with van der Waals surface area (Å²) in [5.74, 6) is 0. The molecule has 222 valence electrons. The Hall–Kier alpha value is -5.78. The Morgan fingerprint density at radius 1 is 0.553 bits per heavy atom. The van der Waals surface area contributed by atoms with Gasteiger partial charge in [-0.3, -0.25) is 4.40 Å². The van der Waals surface area contributed by atoms with Crippen molar-refractivity contribution in [1.29, 1.82) is 0 Å². The van der Waals surface area contributed by atoms with E-state index in [1.54, 1.807) is 11.3 Å². The Morgan fingerprint density at radius 2 is 1.19 bits per heavy atom. The van der Waals surface area contributed by atoms with Crippen molar-refractivity contribution in [3.8, 4) is 44.2 Å². The lowest BCUT2D eigenvalue weighted by Crippen LogP contribution is -1.99. The minimum absolute atomic E-state index is 0.941. The maximum atomic E-state index is 5.55. The van der Waals surface area contributed by atoms with Crippen molar-refractivity contribution < 1.29 is 0 Å². The lowest BCUT2D eigenvalue weighted by Gasteiger charge is -2.12. The van der Waals surface area contributed by atoms with Crippen LogP contribution in [0.3, 0.4) is 0 Å². The van der Waals surface area contributed by atoms with Crippen LogP contribution in [-0.2, 0) is 6.42 Å². The second-order valence-corrected chi connectivity index (χ2v) is 13.1. The third kappa shape index (κ3) is 4.00. The lowest BCUT2D eigenvalue weighted by molar-refractivity contribution is 0.947. The number of para-hydroxylation sites is 3. The van der Waals surface area contributed by atoms with Gasteiger partial charge in [0.25, 0.3) is 0 Å². The van der Waals surface area contributed by atoms with Crippen LogP contribution in [0.2, 0.25) is 0 Å². The van der Waals surface area contributed by atoms with Gasteiger partial charge in [-0.05, 0) is 42.7 Å². The van der Waals surface area contributed by atoms with Gasteiger partial charge in [0.15, 0.2) is 5.65 Å². The molecule has 4 aromatic heterocycles. The number of benzene rings is 5. The van der Waals surface area contributed by atoms with Crippen molar-refractivity contribution in [3.05, 3.63) is 150 Å². The molecule has 0 saturated heterocycles. The molecule has 4 nitrogen and oxygen atoms in total. The van der Waals surface area contributed by atoms with Gasteiger partial charge in [0.05, 0.1) is 44.0 Å². The fraction of sp³-hybridized carbons (Fsp3) is 0.0476. The molecule has 47 heavy (non-hydrogen) atoms. The molecule has 1 aliphatic rings. The predicted molar refractivity (Wildman–Crippen MR) is 196 cm³/mol. The number of hydrogen-bond acceptors (Lipinski definition) is 3. The summed E-state index contributed by atoms with van der Waals surface area (Å²) in [6.45, 7) is 0. The fourth-order valence-electron chi connectivity index (χ4n) is 7.30. The first-order chi connectivity index (χ1) is 23.3. The average Bonchev–Trinajstić information content (AvgIpc) is 3.85. The van der Waals surface area contributed by atoms with E-state index in [0.717, 1.165) is 73.7 Å². The van der Waals surface area contributed by atoms with Crippen LogP contribution >= 0.6 is 11.3 Å². The Kier molecular flexibility index (Phi) is 5.84. The highest BCUT2D eigenvalue weighted by molar-refractivity contribution is 7.16. The zero-order valence-electron chi connectivity index (χ0n) is 25.5. The van der Waals surface area contributed by atoms with Gasteiger partial charge in [-0.25, -0.2) is 9.97 Å². The first kappa shape index (κ1) is 26.4. The third-order valence-corrected chi connectivity index (χ3v) is 10.5. The molecule has 0 saturated carbocycles. The summed E-state index contributed by atoms with van der Waals surface area (Å²) in [6, 6.07) is 47.7. The second-order valence-electron chi connectivity index (χ2n) is 12.1. The molecule has 5 aromatic carbocycles. The topological polar surface area (TPSA) is 34.6 Å². The van der Waals surface area contributed by atoms with Crippen molar-refractivity contribution in [1.82, 2.24) is 18.8 Å². The van der Waals surface area contributed by atoms with Crippen LogP contribution in [0, 0.1) is 0 Å². The van der Waals surface area contributed by atoms with Gasteiger partial charge in [-0.15, -0.1) is 11.3 Å². The molecule has 0 radical (unpaired) electrons. The van der Waals surface area contributed by atoms with E-state index in [1.807, 2.05) is 0 Å². The van der Waals surface area contributed by atoms with Gasteiger partial charge in [-0.2, -0.15) is 0 Å². The smallest absolute Gasteiger partial charge is 0.163 e. The molecule has 4 heterocycles. The molecule has 0 spiro atoms. The Labute approximate surface area is 275 Å². The summed E-state index contributed by atoms with van der Waals surface area (Å²) >= 11 is 1.78. The van der Waals surface area contributed by atoms with Crippen molar-refractivity contribution in [2.45, 2.75) is 12.8 Å².